The van der Waals surface area contributed by atoms with Crippen molar-refractivity contribution in [2.75, 3.05) is 0 Å². The van der Waals surface area contributed by atoms with Crippen LogP contribution in [0.3, 0.4) is 0 Å². The van der Waals surface area contributed by atoms with Crippen molar-refractivity contribution in [3.63, 3.8) is 0 Å². The van der Waals surface area contributed by atoms with Crippen LogP contribution in [-0.2, 0) is 4.74 Å². The molecule has 2 atom stereocenters. The maximum absolute atomic E-state index is 12.5. The molecule has 1 saturated carbocycles. The van der Waals surface area contributed by atoms with E-state index in [-0.39, 0.29) is 11.9 Å². The molecule has 1 aromatic carbocycles. The van der Waals surface area contributed by atoms with E-state index >= 15 is 0 Å². The number of allylic oxidation sites excluding steroid dienone is 1. The van der Waals surface area contributed by atoms with E-state index in [2.05, 4.69) is 0 Å². The van der Waals surface area contributed by atoms with Gasteiger partial charge in [-0.2, -0.15) is 0 Å². The highest BCUT2D eigenvalue weighted by molar-refractivity contribution is 8.04. The van der Waals surface area contributed by atoms with Gasteiger partial charge in [0.1, 0.15) is 11.9 Å². The van der Waals surface area contributed by atoms with Crippen LogP contribution in [0.25, 0.3) is 5.76 Å². The summed E-state index contributed by atoms with van der Waals surface area (Å²) in [6.07, 6.45) is 7.75. The van der Waals surface area contributed by atoms with Crippen molar-refractivity contribution < 1.29 is 9.53 Å². The molecule has 0 unspecified atom stereocenters. The molecule has 1 aromatic rings. The van der Waals surface area contributed by atoms with Crippen molar-refractivity contribution in [3.05, 3.63) is 40.3 Å². The minimum atomic E-state index is 0.168. The van der Waals surface area contributed by atoms with E-state index in [9.17, 15) is 4.79 Å². The van der Waals surface area contributed by atoms with Gasteiger partial charge in [0, 0.05) is 16.4 Å². The lowest BCUT2D eigenvalue weighted by atomic mass is 9.98. The molecule has 1 aliphatic heterocycles. The first-order valence-electron chi connectivity index (χ1n) is 7.56. The number of carbonyl (C=O) groups excluding carboxylic acids is 1. The van der Waals surface area contributed by atoms with Crippen LogP contribution in [0.5, 0.6) is 0 Å². The number of hydrogen-bond acceptors (Lipinski definition) is 3. The summed E-state index contributed by atoms with van der Waals surface area (Å²) in [6.45, 7) is 0. The predicted molar refractivity (Wildman–Crippen MR) is 81.6 cm³/mol. The Labute approximate surface area is 123 Å². The molecule has 0 aromatic heterocycles. The summed E-state index contributed by atoms with van der Waals surface area (Å²) >= 11 is 1.78. The number of rotatable bonds is 0. The van der Waals surface area contributed by atoms with Gasteiger partial charge >= 0.3 is 0 Å². The van der Waals surface area contributed by atoms with E-state index in [1.807, 2.05) is 24.3 Å². The molecule has 2 aliphatic carbocycles. The number of ketones is 1. The Balaban J connectivity index is 1.70. The van der Waals surface area contributed by atoms with Crippen LogP contribution in [0.1, 0.15) is 54.4 Å². The van der Waals surface area contributed by atoms with Crippen molar-refractivity contribution in [1.29, 1.82) is 0 Å². The lowest BCUT2D eigenvalue weighted by Crippen LogP contribution is -2.30. The topological polar surface area (TPSA) is 26.3 Å². The molecular weight excluding hydrogens is 268 g/mol. The van der Waals surface area contributed by atoms with Gasteiger partial charge in [0.15, 0.2) is 0 Å². The predicted octanol–water partition coefficient (Wildman–Crippen LogP) is 4.41. The third kappa shape index (κ3) is 1.91. The summed E-state index contributed by atoms with van der Waals surface area (Å²) < 4.78 is 6.28. The minimum absolute atomic E-state index is 0.168. The molecule has 104 valence electrons. The normalized spacial score (nSPS) is 28.9. The highest BCUT2D eigenvalue weighted by Crippen LogP contribution is 2.48. The van der Waals surface area contributed by atoms with Gasteiger partial charge in [-0.25, -0.2) is 0 Å². The zero-order valence-electron chi connectivity index (χ0n) is 11.4. The Morgan fingerprint density at radius 2 is 1.75 bits per heavy atom. The summed E-state index contributed by atoms with van der Waals surface area (Å²) in [5.74, 6) is 1.03. The summed E-state index contributed by atoms with van der Waals surface area (Å²) in [7, 11) is 0. The molecular formula is C17H18O2S. The smallest absolute Gasteiger partial charge is 0.203 e. The average Bonchev–Trinajstić information content (AvgIpc) is 2.72. The Bertz CT molecular complexity index is 590. The van der Waals surface area contributed by atoms with E-state index in [1.54, 1.807) is 11.8 Å². The molecule has 0 amide bonds. The van der Waals surface area contributed by atoms with Gasteiger partial charge in [0.25, 0.3) is 0 Å². The first-order chi connectivity index (χ1) is 9.84. The summed E-state index contributed by atoms with van der Waals surface area (Å²) in [5.41, 5.74) is 1.82. The Morgan fingerprint density at radius 3 is 2.60 bits per heavy atom. The lowest BCUT2D eigenvalue weighted by molar-refractivity contribution is 0.103. The second-order valence-electron chi connectivity index (χ2n) is 5.84. The van der Waals surface area contributed by atoms with Gasteiger partial charge in [0.05, 0.1) is 4.91 Å². The molecule has 2 nitrogen and oxygen atoms in total. The van der Waals surface area contributed by atoms with Crippen LogP contribution in [0.4, 0.5) is 0 Å². The molecule has 20 heavy (non-hydrogen) atoms. The molecule has 1 heterocycles. The minimum Gasteiger partial charge on any atom is -0.487 e. The van der Waals surface area contributed by atoms with Gasteiger partial charge < -0.3 is 4.74 Å². The molecule has 0 radical (unpaired) electrons. The van der Waals surface area contributed by atoms with Gasteiger partial charge in [-0.05, 0) is 19.3 Å². The number of thioether (sulfide) groups is 1. The van der Waals surface area contributed by atoms with Crippen molar-refractivity contribution in [2.45, 2.75) is 49.9 Å². The van der Waals surface area contributed by atoms with Crippen LogP contribution in [-0.4, -0.2) is 17.1 Å². The first kappa shape index (κ1) is 12.5. The van der Waals surface area contributed by atoms with E-state index in [1.165, 1.54) is 32.1 Å². The van der Waals surface area contributed by atoms with Crippen molar-refractivity contribution in [2.24, 2.45) is 0 Å². The van der Waals surface area contributed by atoms with Crippen LogP contribution < -0.4 is 0 Å². The quantitative estimate of drug-likeness (QED) is 0.707. The summed E-state index contributed by atoms with van der Waals surface area (Å²) in [5, 5.41) is 0.465. The van der Waals surface area contributed by atoms with Crippen molar-refractivity contribution in [1.82, 2.24) is 0 Å². The first-order valence-corrected chi connectivity index (χ1v) is 8.44. The van der Waals surface area contributed by atoms with Crippen molar-refractivity contribution >= 4 is 23.3 Å². The molecule has 3 heteroatoms. The highest BCUT2D eigenvalue weighted by Gasteiger charge is 2.40. The van der Waals surface area contributed by atoms with Crippen LogP contribution in [0.15, 0.2) is 29.2 Å². The fourth-order valence-electron chi connectivity index (χ4n) is 3.44. The van der Waals surface area contributed by atoms with Crippen LogP contribution in [0, 0.1) is 0 Å². The third-order valence-electron chi connectivity index (χ3n) is 4.51. The molecule has 0 bridgehead atoms. The van der Waals surface area contributed by atoms with E-state index in [0.717, 1.165) is 28.2 Å². The second kappa shape index (κ2) is 4.96. The third-order valence-corrected chi connectivity index (χ3v) is 5.96. The van der Waals surface area contributed by atoms with E-state index in [4.69, 9.17) is 4.74 Å². The van der Waals surface area contributed by atoms with Crippen LogP contribution >= 0.6 is 11.8 Å². The fraction of sp³-hybridized carbons (Fsp3) is 0.471. The molecule has 3 aliphatic rings. The Kier molecular flexibility index (Phi) is 3.10. The number of hydrogen-bond donors (Lipinski definition) is 0. The monoisotopic (exact) mass is 286 g/mol. The zero-order chi connectivity index (χ0) is 13.5. The Hall–Kier alpha value is -1.22. The lowest BCUT2D eigenvalue weighted by Gasteiger charge is -2.34. The summed E-state index contributed by atoms with van der Waals surface area (Å²) in [4.78, 5) is 13.4. The molecule has 1 fully saturated rings. The maximum atomic E-state index is 12.5. The molecule has 0 saturated heterocycles. The zero-order valence-corrected chi connectivity index (χ0v) is 12.2. The largest absolute Gasteiger partial charge is 0.487 e. The SMILES string of the molecule is O=C1C2=C(O[C@H]3CCCCCC[C@@H]3S2)c2ccccc21. The average molecular weight is 286 g/mol. The van der Waals surface area contributed by atoms with Crippen LogP contribution in [0.2, 0.25) is 0 Å². The fourth-order valence-corrected chi connectivity index (χ4v) is 4.85. The van der Waals surface area contributed by atoms with Crippen molar-refractivity contribution in [3.8, 4) is 0 Å². The van der Waals surface area contributed by atoms with E-state index in [0.29, 0.717) is 5.25 Å². The highest BCUT2D eigenvalue weighted by atomic mass is 32.2. The Morgan fingerprint density at radius 1 is 1.00 bits per heavy atom. The standard InChI is InChI=1S/C17H18O2S/c18-15-11-7-5-6-8-12(11)16-17(15)20-14-10-4-2-1-3-9-13(14)19-16/h5-8,13-14H,1-4,9-10H2/t13-,14-/m0/s1. The summed E-state index contributed by atoms with van der Waals surface area (Å²) in [6, 6.07) is 7.85. The van der Waals surface area contributed by atoms with Gasteiger partial charge in [0.2, 0.25) is 5.78 Å². The van der Waals surface area contributed by atoms with Gasteiger partial charge in [-0.1, -0.05) is 43.5 Å². The molecule has 0 N–H and O–H groups in total. The second-order valence-corrected chi connectivity index (χ2v) is 7.09. The number of ether oxygens (including phenoxy) is 1. The number of benzene rings is 1. The molecule has 4 rings (SSSR count). The number of Topliss-reactive ketones (excluding diaryl/α,β-unsaturated/α-hetero) is 1. The number of carbonyl (C=O) groups is 1. The number of fused-ring (bicyclic) bond motifs is 3. The van der Waals surface area contributed by atoms with E-state index < -0.39 is 0 Å². The van der Waals surface area contributed by atoms with Gasteiger partial charge in [-0.3, -0.25) is 4.79 Å². The van der Waals surface area contributed by atoms with Gasteiger partial charge in [-0.15, -0.1) is 11.8 Å². The molecule has 0 spiro atoms. The maximum Gasteiger partial charge on any atom is 0.203 e.